The number of piperazine rings is 1. The lowest BCUT2D eigenvalue weighted by Crippen LogP contribution is -2.47. The van der Waals surface area contributed by atoms with E-state index in [-0.39, 0.29) is 5.91 Å². The minimum absolute atomic E-state index is 0.145. The van der Waals surface area contributed by atoms with Gasteiger partial charge in [0.15, 0.2) is 0 Å². The van der Waals surface area contributed by atoms with Gasteiger partial charge < -0.3 is 20.0 Å². The smallest absolute Gasteiger partial charge is 0.328 e. The van der Waals surface area contributed by atoms with Gasteiger partial charge in [0.05, 0.1) is 5.56 Å². The van der Waals surface area contributed by atoms with Crippen molar-refractivity contribution in [1.29, 1.82) is 0 Å². The summed E-state index contributed by atoms with van der Waals surface area (Å²) >= 11 is 1.65. The Morgan fingerprint density at radius 2 is 1.37 bits per heavy atom. The molecule has 30 heavy (non-hydrogen) atoms. The third-order valence-corrected chi connectivity index (χ3v) is 5.33. The zero-order valence-corrected chi connectivity index (χ0v) is 17.4. The first kappa shape index (κ1) is 23.2. The molecule has 2 aromatic carbocycles. The number of nitrogens with zero attached hydrogens (tertiary/aromatic N) is 2. The van der Waals surface area contributed by atoms with E-state index >= 15 is 0 Å². The van der Waals surface area contributed by atoms with Crippen molar-refractivity contribution >= 4 is 29.6 Å². The summed E-state index contributed by atoms with van der Waals surface area (Å²) in [6.45, 7) is 3.50. The molecule has 0 unspecified atom stereocenters. The van der Waals surface area contributed by atoms with Gasteiger partial charge in [-0.05, 0) is 31.3 Å². The Morgan fingerprint density at radius 1 is 0.833 bits per heavy atom. The van der Waals surface area contributed by atoms with Crippen molar-refractivity contribution in [2.45, 2.75) is 9.79 Å². The number of carboxylic acids is 2. The van der Waals surface area contributed by atoms with Gasteiger partial charge in [0.25, 0.3) is 5.91 Å². The molecule has 1 fully saturated rings. The maximum Gasteiger partial charge on any atom is 0.328 e. The van der Waals surface area contributed by atoms with E-state index in [1.54, 1.807) is 11.8 Å². The fourth-order valence-electron chi connectivity index (χ4n) is 2.67. The van der Waals surface area contributed by atoms with Crippen LogP contribution in [-0.4, -0.2) is 71.1 Å². The average molecular weight is 429 g/mol. The predicted octanol–water partition coefficient (Wildman–Crippen LogP) is 2.94. The number of hydrogen-bond acceptors (Lipinski definition) is 5. The molecule has 0 atom stereocenters. The molecule has 0 spiro atoms. The van der Waals surface area contributed by atoms with E-state index in [0.29, 0.717) is 12.2 Å². The van der Waals surface area contributed by atoms with Crippen LogP contribution >= 0.6 is 11.8 Å². The van der Waals surface area contributed by atoms with Crippen molar-refractivity contribution in [3.63, 3.8) is 0 Å². The molecule has 1 aliphatic heterocycles. The van der Waals surface area contributed by atoms with Crippen LogP contribution in [0.4, 0.5) is 0 Å². The number of aliphatic carboxylic acids is 2. The molecule has 1 heterocycles. The van der Waals surface area contributed by atoms with E-state index in [0.717, 1.165) is 41.5 Å². The van der Waals surface area contributed by atoms with E-state index in [1.165, 1.54) is 0 Å². The molecule has 1 amide bonds. The van der Waals surface area contributed by atoms with Crippen LogP contribution in [0.2, 0.25) is 0 Å². The average Bonchev–Trinajstić information content (AvgIpc) is 2.74. The summed E-state index contributed by atoms with van der Waals surface area (Å²) in [5.74, 6) is -2.37. The summed E-state index contributed by atoms with van der Waals surface area (Å²) in [6, 6.07) is 18.1. The molecule has 0 aliphatic carbocycles. The first-order valence-corrected chi connectivity index (χ1v) is 10.1. The Hall–Kier alpha value is -3.10. The van der Waals surface area contributed by atoms with E-state index in [2.05, 4.69) is 24.1 Å². The highest BCUT2D eigenvalue weighted by Crippen LogP contribution is 2.31. The molecule has 0 saturated carbocycles. The van der Waals surface area contributed by atoms with Crippen LogP contribution in [0.3, 0.4) is 0 Å². The zero-order valence-electron chi connectivity index (χ0n) is 16.6. The van der Waals surface area contributed by atoms with Crippen molar-refractivity contribution < 1.29 is 24.6 Å². The molecule has 158 valence electrons. The summed E-state index contributed by atoms with van der Waals surface area (Å²) in [4.78, 5) is 38.3. The molecule has 2 N–H and O–H groups in total. The number of benzene rings is 2. The van der Waals surface area contributed by atoms with Gasteiger partial charge in [0.1, 0.15) is 0 Å². The lowest BCUT2D eigenvalue weighted by molar-refractivity contribution is -0.134. The van der Waals surface area contributed by atoms with Crippen molar-refractivity contribution in [3.8, 4) is 0 Å². The van der Waals surface area contributed by atoms with E-state index < -0.39 is 11.9 Å². The van der Waals surface area contributed by atoms with E-state index in [1.807, 2.05) is 47.4 Å². The second kappa shape index (κ2) is 11.8. The third-order valence-electron chi connectivity index (χ3n) is 4.25. The summed E-state index contributed by atoms with van der Waals surface area (Å²) < 4.78 is 0. The number of carboxylic acid groups (broad SMARTS) is 2. The Balaban J connectivity index is 0.000000343. The third kappa shape index (κ3) is 7.73. The second-order valence-electron chi connectivity index (χ2n) is 6.52. The van der Waals surface area contributed by atoms with Crippen molar-refractivity contribution in [1.82, 2.24) is 9.80 Å². The lowest BCUT2D eigenvalue weighted by Gasteiger charge is -2.32. The minimum atomic E-state index is -1.26. The molecule has 8 heteroatoms. The summed E-state index contributed by atoms with van der Waals surface area (Å²) in [5.41, 5.74) is 0.806. The maximum absolute atomic E-state index is 12.8. The summed E-state index contributed by atoms with van der Waals surface area (Å²) in [6.07, 6.45) is 1.12. The molecule has 3 rings (SSSR count). The highest BCUT2D eigenvalue weighted by molar-refractivity contribution is 7.99. The van der Waals surface area contributed by atoms with Crippen LogP contribution in [0.25, 0.3) is 0 Å². The normalized spacial score (nSPS) is 14.1. The van der Waals surface area contributed by atoms with Gasteiger partial charge in [-0.25, -0.2) is 9.59 Å². The molecule has 1 aliphatic rings. The molecular formula is C22H24N2O5S. The number of carbonyl (C=O) groups is 3. The largest absolute Gasteiger partial charge is 0.478 e. The molecule has 2 aromatic rings. The number of rotatable bonds is 5. The van der Waals surface area contributed by atoms with Crippen LogP contribution in [-0.2, 0) is 9.59 Å². The van der Waals surface area contributed by atoms with Crippen molar-refractivity contribution in [2.75, 3.05) is 33.2 Å². The Kier molecular flexibility index (Phi) is 9.11. The quantitative estimate of drug-likeness (QED) is 0.707. The zero-order chi connectivity index (χ0) is 21.9. The predicted molar refractivity (Wildman–Crippen MR) is 115 cm³/mol. The Bertz CT molecular complexity index is 877. The maximum atomic E-state index is 12.8. The van der Waals surface area contributed by atoms with Gasteiger partial charge in [-0.1, -0.05) is 42.1 Å². The monoisotopic (exact) mass is 428 g/mol. The van der Waals surface area contributed by atoms with Crippen molar-refractivity contribution in [3.05, 3.63) is 72.3 Å². The van der Waals surface area contributed by atoms with Gasteiger partial charge in [0, 0.05) is 48.1 Å². The van der Waals surface area contributed by atoms with Crippen LogP contribution in [0.1, 0.15) is 10.4 Å². The van der Waals surface area contributed by atoms with Gasteiger partial charge in [0.2, 0.25) is 0 Å². The van der Waals surface area contributed by atoms with Crippen LogP contribution in [0.5, 0.6) is 0 Å². The Labute approximate surface area is 179 Å². The topological polar surface area (TPSA) is 98.2 Å². The number of carbonyl (C=O) groups excluding carboxylic acids is 1. The number of amides is 1. The lowest BCUT2D eigenvalue weighted by atomic mass is 10.2. The van der Waals surface area contributed by atoms with Crippen LogP contribution in [0.15, 0.2) is 76.5 Å². The SMILES string of the molecule is CN1CCN(C(=O)c2ccccc2Sc2ccccc2)CC1.O=C(O)C=CC(=O)O. The van der Waals surface area contributed by atoms with Gasteiger partial charge in [-0.3, -0.25) is 4.79 Å². The molecule has 1 saturated heterocycles. The highest BCUT2D eigenvalue weighted by Gasteiger charge is 2.22. The van der Waals surface area contributed by atoms with Gasteiger partial charge in [-0.15, -0.1) is 0 Å². The summed E-state index contributed by atoms with van der Waals surface area (Å²) in [5, 5.41) is 15.6. The second-order valence-corrected chi connectivity index (χ2v) is 7.63. The fraction of sp³-hybridized carbons (Fsp3) is 0.227. The first-order chi connectivity index (χ1) is 14.4. The van der Waals surface area contributed by atoms with E-state index in [9.17, 15) is 14.4 Å². The van der Waals surface area contributed by atoms with E-state index in [4.69, 9.17) is 10.2 Å². The minimum Gasteiger partial charge on any atom is -0.478 e. The van der Waals surface area contributed by atoms with Crippen LogP contribution < -0.4 is 0 Å². The van der Waals surface area contributed by atoms with Gasteiger partial charge in [-0.2, -0.15) is 0 Å². The Morgan fingerprint density at radius 3 is 1.93 bits per heavy atom. The van der Waals surface area contributed by atoms with Gasteiger partial charge >= 0.3 is 11.9 Å². The molecule has 0 bridgehead atoms. The first-order valence-electron chi connectivity index (χ1n) is 9.30. The molecule has 7 nitrogen and oxygen atoms in total. The van der Waals surface area contributed by atoms with Crippen molar-refractivity contribution in [2.24, 2.45) is 0 Å². The molecule has 0 aromatic heterocycles. The standard InChI is InChI=1S/C18H20N2OS.C4H4O4/c1-19-11-13-20(14-12-19)18(21)16-9-5-6-10-17(16)22-15-7-3-2-4-8-15;5-3(6)1-2-4(7)8/h2-10H,11-14H2,1H3;1-2H,(H,5,6)(H,7,8). The number of likely N-dealkylation sites (N-methyl/N-ethyl adjacent to an activating group) is 1. The molecule has 0 radical (unpaired) electrons. The molecular weight excluding hydrogens is 404 g/mol. The fourth-order valence-corrected chi connectivity index (χ4v) is 3.63. The number of hydrogen-bond donors (Lipinski definition) is 2. The highest BCUT2D eigenvalue weighted by atomic mass is 32.2. The van der Waals surface area contributed by atoms with Crippen LogP contribution in [0, 0.1) is 0 Å². The summed E-state index contributed by atoms with van der Waals surface area (Å²) in [7, 11) is 2.10.